The Morgan fingerprint density at radius 1 is 1.21 bits per heavy atom. The van der Waals surface area contributed by atoms with Crippen molar-refractivity contribution in [3.8, 4) is 17.2 Å². The summed E-state index contributed by atoms with van der Waals surface area (Å²) >= 11 is 0. The first-order valence-corrected chi connectivity index (χ1v) is 9.19. The monoisotopic (exact) mass is 391 g/mol. The maximum atomic E-state index is 14.0. The zero-order valence-corrected chi connectivity index (χ0v) is 15.1. The number of carbonyl (C=O) groups excluding carboxylic acids is 1. The number of fused-ring (bicyclic) bond motifs is 3. The van der Waals surface area contributed by atoms with Crippen LogP contribution >= 0.6 is 0 Å². The van der Waals surface area contributed by atoms with E-state index in [-0.39, 0.29) is 12.6 Å². The maximum Gasteiger partial charge on any atom is 0.334 e. The van der Waals surface area contributed by atoms with Gasteiger partial charge in [-0.15, -0.1) is 0 Å². The predicted octanol–water partition coefficient (Wildman–Crippen LogP) is 3.12. The molecule has 9 nitrogen and oxygen atoms in total. The highest BCUT2D eigenvalue weighted by Crippen LogP contribution is 2.40. The van der Waals surface area contributed by atoms with Crippen LogP contribution in [0, 0.1) is 5.82 Å². The molecule has 10 heteroatoms. The first kappa shape index (κ1) is 16.2. The third kappa shape index (κ3) is 2.49. The number of carbonyl (C=O) groups is 1. The van der Waals surface area contributed by atoms with Crippen molar-refractivity contribution in [2.45, 2.75) is 25.3 Å². The minimum atomic E-state index is -0.428. The molecule has 1 aliphatic heterocycles. The summed E-state index contributed by atoms with van der Waals surface area (Å²) in [7, 11) is 0. The summed E-state index contributed by atoms with van der Waals surface area (Å²) < 4.78 is 22.5. The summed E-state index contributed by atoms with van der Waals surface area (Å²) in [5.74, 6) is 0.911. The Kier molecular flexibility index (Phi) is 3.25. The number of benzene rings is 1. The fourth-order valence-electron chi connectivity index (χ4n) is 3.58. The average Bonchev–Trinajstić information content (AvgIpc) is 3.15. The zero-order chi connectivity index (χ0) is 19.5. The molecule has 144 valence electrons. The predicted molar refractivity (Wildman–Crippen MR) is 98.0 cm³/mol. The van der Waals surface area contributed by atoms with Gasteiger partial charge >= 0.3 is 6.03 Å². The lowest BCUT2D eigenvalue weighted by Gasteiger charge is -2.30. The SMILES string of the molecule is O=C(N1Cc2c(-c3noc(C4CC4)n3)ncn2-c2ccc(F)cc21)n1ccnc1. The molecule has 1 amide bonds. The maximum absolute atomic E-state index is 14.0. The molecule has 0 saturated heterocycles. The van der Waals surface area contributed by atoms with Crippen LogP contribution in [-0.2, 0) is 6.54 Å². The Morgan fingerprint density at radius 3 is 2.90 bits per heavy atom. The molecule has 1 aliphatic carbocycles. The van der Waals surface area contributed by atoms with Crippen LogP contribution in [0.5, 0.6) is 0 Å². The largest absolute Gasteiger partial charge is 0.339 e. The van der Waals surface area contributed by atoms with E-state index in [1.165, 1.54) is 34.1 Å². The van der Waals surface area contributed by atoms with Crippen molar-refractivity contribution in [3.63, 3.8) is 0 Å². The molecule has 0 bridgehead atoms. The molecule has 0 unspecified atom stereocenters. The number of halogens is 1. The fourth-order valence-corrected chi connectivity index (χ4v) is 3.58. The van der Waals surface area contributed by atoms with Crippen molar-refractivity contribution in [3.05, 3.63) is 60.6 Å². The van der Waals surface area contributed by atoms with Crippen LogP contribution < -0.4 is 4.90 Å². The van der Waals surface area contributed by atoms with Gasteiger partial charge in [-0.05, 0) is 31.0 Å². The van der Waals surface area contributed by atoms with Crippen molar-refractivity contribution < 1.29 is 13.7 Å². The molecule has 2 aliphatic rings. The minimum Gasteiger partial charge on any atom is -0.339 e. The number of hydrogen-bond acceptors (Lipinski definition) is 6. The molecular weight excluding hydrogens is 377 g/mol. The van der Waals surface area contributed by atoms with Crippen LogP contribution in [0.3, 0.4) is 0 Å². The van der Waals surface area contributed by atoms with Gasteiger partial charge < -0.3 is 4.52 Å². The Morgan fingerprint density at radius 2 is 2.10 bits per heavy atom. The Labute approximate surface area is 163 Å². The molecule has 1 aromatic carbocycles. The third-order valence-corrected chi connectivity index (χ3v) is 5.20. The van der Waals surface area contributed by atoms with Gasteiger partial charge in [-0.1, -0.05) is 5.16 Å². The summed E-state index contributed by atoms with van der Waals surface area (Å²) in [6, 6.07) is 3.97. The lowest BCUT2D eigenvalue weighted by molar-refractivity contribution is 0.247. The van der Waals surface area contributed by atoms with Gasteiger partial charge in [0.2, 0.25) is 11.7 Å². The molecule has 4 aromatic rings. The molecule has 1 saturated carbocycles. The molecule has 0 N–H and O–H groups in total. The smallest absolute Gasteiger partial charge is 0.334 e. The average molecular weight is 391 g/mol. The number of aromatic nitrogens is 6. The van der Waals surface area contributed by atoms with E-state index >= 15 is 0 Å². The minimum absolute atomic E-state index is 0.177. The number of anilines is 1. The molecule has 0 spiro atoms. The van der Waals surface area contributed by atoms with Crippen LogP contribution in [-0.4, -0.2) is 35.3 Å². The number of nitrogens with zero attached hydrogens (tertiary/aromatic N) is 7. The van der Waals surface area contributed by atoms with E-state index < -0.39 is 5.82 Å². The molecule has 0 atom stereocenters. The molecule has 1 fully saturated rings. The Balaban J connectivity index is 1.48. The van der Waals surface area contributed by atoms with Gasteiger partial charge in [0, 0.05) is 18.3 Å². The molecule has 6 rings (SSSR count). The quantitative estimate of drug-likeness (QED) is 0.521. The highest BCUT2D eigenvalue weighted by Gasteiger charge is 2.33. The third-order valence-electron chi connectivity index (χ3n) is 5.20. The highest BCUT2D eigenvalue weighted by atomic mass is 19.1. The van der Waals surface area contributed by atoms with E-state index in [0.29, 0.717) is 34.7 Å². The van der Waals surface area contributed by atoms with Gasteiger partial charge in [-0.2, -0.15) is 4.98 Å². The normalized spacial score (nSPS) is 15.3. The second kappa shape index (κ2) is 5.84. The summed E-state index contributed by atoms with van der Waals surface area (Å²) in [5, 5.41) is 4.08. The van der Waals surface area contributed by atoms with Crippen molar-refractivity contribution in [1.29, 1.82) is 0 Å². The van der Waals surface area contributed by atoms with Crippen molar-refractivity contribution in [1.82, 2.24) is 29.2 Å². The van der Waals surface area contributed by atoms with Crippen molar-refractivity contribution in [2.75, 3.05) is 4.90 Å². The van der Waals surface area contributed by atoms with E-state index in [4.69, 9.17) is 4.52 Å². The molecule has 0 radical (unpaired) electrons. The molecule has 3 aromatic heterocycles. The van der Waals surface area contributed by atoms with Crippen LogP contribution in [0.2, 0.25) is 0 Å². The van der Waals surface area contributed by atoms with Crippen LogP contribution in [0.15, 0.2) is 47.8 Å². The topological polar surface area (TPSA) is 94.9 Å². The lowest BCUT2D eigenvalue weighted by atomic mass is 10.1. The van der Waals surface area contributed by atoms with Gasteiger partial charge in [0.1, 0.15) is 24.2 Å². The van der Waals surface area contributed by atoms with Gasteiger partial charge in [0.15, 0.2) is 0 Å². The first-order chi connectivity index (χ1) is 14.2. The van der Waals surface area contributed by atoms with E-state index in [9.17, 15) is 9.18 Å². The van der Waals surface area contributed by atoms with Crippen LogP contribution in [0.1, 0.15) is 30.3 Å². The lowest BCUT2D eigenvalue weighted by Crippen LogP contribution is -2.37. The standard InChI is InChI=1S/C19H14FN7O2/c20-12-3-4-13-14(7-12)26(19(28)25-6-5-21-9-25)8-15-16(22-10-27(13)15)17-23-18(29-24-17)11-1-2-11/h3-7,9-11H,1-2,8H2. The Hall–Kier alpha value is -3.82. The van der Waals surface area contributed by atoms with E-state index in [2.05, 4.69) is 20.1 Å². The van der Waals surface area contributed by atoms with E-state index in [1.807, 2.05) is 4.57 Å². The summed E-state index contributed by atoms with van der Waals surface area (Å²) in [5.41, 5.74) is 2.36. The highest BCUT2D eigenvalue weighted by molar-refractivity contribution is 5.96. The van der Waals surface area contributed by atoms with E-state index in [1.54, 1.807) is 18.6 Å². The summed E-state index contributed by atoms with van der Waals surface area (Å²) in [6.45, 7) is 0.177. The fraction of sp³-hybridized carbons (Fsp3) is 0.211. The van der Waals surface area contributed by atoms with Gasteiger partial charge in [0.05, 0.1) is 23.6 Å². The molecule has 4 heterocycles. The summed E-state index contributed by atoms with van der Waals surface area (Å²) in [4.78, 5) is 27.4. The summed E-state index contributed by atoms with van der Waals surface area (Å²) in [6.07, 6.45) is 8.21. The van der Waals surface area contributed by atoms with Gasteiger partial charge in [-0.25, -0.2) is 19.2 Å². The van der Waals surface area contributed by atoms with E-state index in [0.717, 1.165) is 18.5 Å². The zero-order valence-electron chi connectivity index (χ0n) is 15.1. The number of amides is 1. The second-order valence-electron chi connectivity index (χ2n) is 7.11. The van der Waals surface area contributed by atoms with Crippen molar-refractivity contribution in [2.24, 2.45) is 0 Å². The van der Waals surface area contributed by atoms with Crippen molar-refractivity contribution >= 4 is 11.7 Å². The van der Waals surface area contributed by atoms with Crippen LogP contribution in [0.25, 0.3) is 17.2 Å². The first-order valence-electron chi connectivity index (χ1n) is 9.19. The molecule has 29 heavy (non-hydrogen) atoms. The molecular formula is C19H14FN7O2. The van der Waals surface area contributed by atoms with Crippen LogP contribution in [0.4, 0.5) is 14.9 Å². The van der Waals surface area contributed by atoms with Gasteiger partial charge in [-0.3, -0.25) is 14.0 Å². The number of imidazole rings is 2. The van der Waals surface area contributed by atoms with Gasteiger partial charge in [0.25, 0.3) is 0 Å². The second-order valence-corrected chi connectivity index (χ2v) is 7.11. The Bertz CT molecular complexity index is 1240. The number of hydrogen-bond donors (Lipinski definition) is 0. The number of rotatable bonds is 2.